The maximum absolute atomic E-state index is 11.1. The predicted octanol–water partition coefficient (Wildman–Crippen LogP) is 4.42. The van der Waals surface area contributed by atoms with Gasteiger partial charge in [-0.15, -0.1) is 0 Å². The lowest BCUT2D eigenvalue weighted by Gasteiger charge is -2.35. The van der Waals surface area contributed by atoms with Gasteiger partial charge in [0.2, 0.25) is 0 Å². The summed E-state index contributed by atoms with van der Waals surface area (Å²) in [6, 6.07) is 14.3. The van der Waals surface area contributed by atoms with Crippen LogP contribution in [0.25, 0.3) is 0 Å². The van der Waals surface area contributed by atoms with Crippen LogP contribution >= 0.6 is 11.6 Å². The molecule has 0 heterocycles. The van der Waals surface area contributed by atoms with Crippen LogP contribution in [0.15, 0.2) is 42.5 Å². The van der Waals surface area contributed by atoms with E-state index in [2.05, 4.69) is 18.2 Å². The van der Waals surface area contributed by atoms with Crippen LogP contribution < -0.4 is 0 Å². The molecule has 1 unspecified atom stereocenters. The van der Waals surface area contributed by atoms with Crippen molar-refractivity contribution in [1.29, 1.82) is 0 Å². The van der Waals surface area contributed by atoms with Gasteiger partial charge in [-0.1, -0.05) is 48.0 Å². The second kappa shape index (κ2) is 5.23. The molecule has 0 saturated heterocycles. The zero-order valence-corrected chi connectivity index (χ0v) is 12.5. The Morgan fingerprint density at radius 3 is 2.80 bits per heavy atom. The molecule has 1 nitrogen and oxygen atoms in total. The fourth-order valence-corrected chi connectivity index (χ4v) is 3.49. The van der Waals surface area contributed by atoms with Gasteiger partial charge in [-0.3, -0.25) is 0 Å². The van der Waals surface area contributed by atoms with E-state index in [9.17, 15) is 5.11 Å². The molecule has 1 N–H and O–H groups in total. The Morgan fingerprint density at radius 2 is 2.00 bits per heavy atom. The Labute approximate surface area is 125 Å². The van der Waals surface area contributed by atoms with E-state index in [-0.39, 0.29) is 0 Å². The zero-order chi connectivity index (χ0) is 14.2. The summed E-state index contributed by atoms with van der Waals surface area (Å²) in [4.78, 5) is 0. The van der Waals surface area contributed by atoms with E-state index < -0.39 is 5.60 Å². The standard InChI is InChI=1S/C18H19ClO/c1-13-8-9-15(17(19)11-13)12-18(20)10-4-6-14-5-2-3-7-16(14)18/h2-3,5,7-9,11,20H,4,6,10,12H2,1H3. The van der Waals surface area contributed by atoms with Gasteiger partial charge in [-0.2, -0.15) is 0 Å². The topological polar surface area (TPSA) is 20.2 Å². The molecule has 0 fully saturated rings. The van der Waals surface area contributed by atoms with Crippen LogP contribution in [-0.4, -0.2) is 5.11 Å². The summed E-state index contributed by atoms with van der Waals surface area (Å²) < 4.78 is 0. The maximum atomic E-state index is 11.1. The van der Waals surface area contributed by atoms with Crippen LogP contribution in [0.3, 0.4) is 0 Å². The van der Waals surface area contributed by atoms with Gasteiger partial charge in [0.15, 0.2) is 0 Å². The highest BCUT2D eigenvalue weighted by Crippen LogP contribution is 2.38. The molecule has 1 atom stereocenters. The van der Waals surface area contributed by atoms with Gasteiger partial charge in [0.05, 0.1) is 5.60 Å². The first kappa shape index (κ1) is 13.7. The number of aryl methyl sites for hydroxylation is 2. The average molecular weight is 287 g/mol. The summed E-state index contributed by atoms with van der Waals surface area (Å²) in [6.45, 7) is 2.03. The minimum atomic E-state index is -0.784. The molecule has 104 valence electrons. The van der Waals surface area contributed by atoms with Crippen molar-refractivity contribution < 1.29 is 5.11 Å². The van der Waals surface area contributed by atoms with Crippen LogP contribution in [0.1, 0.15) is 35.1 Å². The first-order valence-corrected chi connectivity index (χ1v) is 7.52. The van der Waals surface area contributed by atoms with Crippen molar-refractivity contribution in [2.75, 3.05) is 0 Å². The summed E-state index contributed by atoms with van der Waals surface area (Å²) in [5.74, 6) is 0. The van der Waals surface area contributed by atoms with Gasteiger partial charge in [0.1, 0.15) is 0 Å². The Kier molecular flexibility index (Phi) is 3.57. The quantitative estimate of drug-likeness (QED) is 0.867. The molecule has 2 heteroatoms. The highest BCUT2D eigenvalue weighted by atomic mass is 35.5. The summed E-state index contributed by atoms with van der Waals surface area (Å²) in [7, 11) is 0. The summed E-state index contributed by atoms with van der Waals surface area (Å²) in [5.41, 5.74) is 3.73. The molecule has 0 spiro atoms. The van der Waals surface area contributed by atoms with Crippen LogP contribution in [0.5, 0.6) is 0 Å². The lowest BCUT2D eigenvalue weighted by atomic mass is 9.76. The predicted molar refractivity (Wildman–Crippen MR) is 83.2 cm³/mol. The van der Waals surface area contributed by atoms with Crippen LogP contribution in [0.2, 0.25) is 5.02 Å². The van der Waals surface area contributed by atoms with Crippen LogP contribution in [0, 0.1) is 6.92 Å². The second-order valence-electron chi connectivity index (χ2n) is 5.81. The van der Waals surface area contributed by atoms with E-state index >= 15 is 0 Å². The molecule has 0 aromatic heterocycles. The molecule has 0 amide bonds. The third-order valence-corrected chi connectivity index (χ3v) is 4.60. The van der Waals surface area contributed by atoms with Crippen molar-refractivity contribution in [3.8, 4) is 0 Å². The van der Waals surface area contributed by atoms with Crippen LogP contribution in [-0.2, 0) is 18.4 Å². The Bertz CT molecular complexity index is 635. The Hall–Kier alpha value is -1.31. The fraction of sp³-hybridized carbons (Fsp3) is 0.333. The van der Waals surface area contributed by atoms with Crippen molar-refractivity contribution >= 4 is 11.6 Å². The SMILES string of the molecule is Cc1ccc(CC2(O)CCCc3ccccc32)c(Cl)c1. The first-order chi connectivity index (χ1) is 9.58. The Balaban J connectivity index is 1.98. The monoisotopic (exact) mass is 286 g/mol. The summed E-state index contributed by atoms with van der Waals surface area (Å²) >= 11 is 6.33. The normalized spacial score (nSPS) is 21.6. The van der Waals surface area contributed by atoms with Crippen molar-refractivity contribution in [1.82, 2.24) is 0 Å². The maximum Gasteiger partial charge on any atom is 0.0940 e. The molecular weight excluding hydrogens is 268 g/mol. The van der Waals surface area contributed by atoms with E-state index in [4.69, 9.17) is 11.6 Å². The molecule has 0 radical (unpaired) electrons. The van der Waals surface area contributed by atoms with Crippen molar-refractivity contribution in [2.24, 2.45) is 0 Å². The molecular formula is C18H19ClO. The van der Waals surface area contributed by atoms with Crippen molar-refractivity contribution in [2.45, 2.75) is 38.2 Å². The molecule has 20 heavy (non-hydrogen) atoms. The second-order valence-corrected chi connectivity index (χ2v) is 6.22. The molecule has 0 saturated carbocycles. The number of benzene rings is 2. The van der Waals surface area contributed by atoms with Crippen molar-refractivity contribution in [3.63, 3.8) is 0 Å². The van der Waals surface area contributed by atoms with Gasteiger partial charge < -0.3 is 5.11 Å². The van der Waals surface area contributed by atoms with E-state index in [0.717, 1.165) is 41.0 Å². The van der Waals surface area contributed by atoms with Crippen LogP contribution in [0.4, 0.5) is 0 Å². The number of halogens is 1. The number of fused-ring (bicyclic) bond motifs is 1. The first-order valence-electron chi connectivity index (χ1n) is 7.14. The van der Waals surface area contributed by atoms with E-state index in [1.807, 2.05) is 31.2 Å². The zero-order valence-electron chi connectivity index (χ0n) is 11.7. The fourth-order valence-electron chi connectivity index (χ4n) is 3.19. The number of rotatable bonds is 2. The lowest BCUT2D eigenvalue weighted by molar-refractivity contribution is 0.0190. The molecule has 0 bridgehead atoms. The van der Waals surface area contributed by atoms with Gasteiger partial charge in [-0.25, -0.2) is 0 Å². The van der Waals surface area contributed by atoms with Gasteiger partial charge in [0.25, 0.3) is 0 Å². The number of hydrogen-bond acceptors (Lipinski definition) is 1. The molecule has 3 rings (SSSR count). The van der Waals surface area contributed by atoms with E-state index in [0.29, 0.717) is 6.42 Å². The molecule has 2 aromatic carbocycles. The summed E-state index contributed by atoms with van der Waals surface area (Å²) in [6.07, 6.45) is 3.47. The third kappa shape index (κ3) is 2.48. The largest absolute Gasteiger partial charge is 0.385 e. The van der Waals surface area contributed by atoms with Gasteiger partial charge in [0, 0.05) is 11.4 Å². The molecule has 2 aromatic rings. The third-order valence-electron chi connectivity index (χ3n) is 4.25. The van der Waals surface area contributed by atoms with E-state index in [1.165, 1.54) is 5.56 Å². The minimum Gasteiger partial charge on any atom is -0.385 e. The number of aliphatic hydroxyl groups is 1. The lowest BCUT2D eigenvalue weighted by Crippen LogP contribution is -2.33. The molecule has 0 aliphatic heterocycles. The summed E-state index contributed by atoms with van der Waals surface area (Å²) in [5, 5.41) is 11.9. The number of hydrogen-bond donors (Lipinski definition) is 1. The highest BCUT2D eigenvalue weighted by molar-refractivity contribution is 6.31. The van der Waals surface area contributed by atoms with Gasteiger partial charge in [-0.05, 0) is 54.5 Å². The Morgan fingerprint density at radius 1 is 1.20 bits per heavy atom. The van der Waals surface area contributed by atoms with Crippen molar-refractivity contribution in [3.05, 3.63) is 69.7 Å². The average Bonchev–Trinajstić information content (AvgIpc) is 2.43. The van der Waals surface area contributed by atoms with E-state index in [1.54, 1.807) is 0 Å². The smallest absolute Gasteiger partial charge is 0.0940 e. The molecule has 1 aliphatic carbocycles. The minimum absolute atomic E-state index is 0.586. The highest BCUT2D eigenvalue weighted by Gasteiger charge is 2.34. The van der Waals surface area contributed by atoms with Gasteiger partial charge >= 0.3 is 0 Å². The molecule has 1 aliphatic rings.